The number of thioether (sulfide) groups is 1. The van der Waals surface area contributed by atoms with Gasteiger partial charge in [-0.3, -0.25) is 0 Å². The zero-order chi connectivity index (χ0) is 18.2. The van der Waals surface area contributed by atoms with Gasteiger partial charge < -0.3 is 20.6 Å². The molecule has 0 aliphatic carbocycles. The zero-order valence-corrected chi connectivity index (χ0v) is 15.0. The highest BCUT2D eigenvalue weighted by Crippen LogP contribution is 2.53. The van der Waals surface area contributed by atoms with E-state index in [4.69, 9.17) is 0 Å². The van der Waals surface area contributed by atoms with Crippen molar-refractivity contribution in [1.82, 2.24) is 4.98 Å². The second kappa shape index (κ2) is 6.25. The normalized spacial score (nSPS) is 23.0. The number of amidine groups is 1. The first-order valence-corrected chi connectivity index (χ1v) is 8.61. The van der Waals surface area contributed by atoms with E-state index >= 15 is 0 Å². The van der Waals surface area contributed by atoms with E-state index in [9.17, 15) is 20.1 Å². The number of aliphatic hydroxyl groups is 1. The maximum Gasteiger partial charge on any atom is 0.336 e. The Kier molecular flexibility index (Phi) is 4.83. The molecule has 24 heavy (non-hydrogen) atoms. The Bertz CT molecular complexity index is 673. The Hall–Kier alpha value is -1.80. The molecule has 0 unspecified atom stereocenters. The van der Waals surface area contributed by atoms with Gasteiger partial charge in [-0.1, -0.05) is 25.6 Å². The van der Waals surface area contributed by atoms with Crippen molar-refractivity contribution >= 4 is 28.7 Å². The van der Waals surface area contributed by atoms with Crippen molar-refractivity contribution in [2.24, 2.45) is 4.99 Å². The summed E-state index contributed by atoms with van der Waals surface area (Å²) in [6, 6.07) is 3.06. The number of aromatic hydroxyl groups is 1. The molecule has 1 aromatic heterocycles. The van der Waals surface area contributed by atoms with Crippen LogP contribution in [-0.2, 0) is 4.79 Å². The molecular formula is C16H23N3O4S. The van der Waals surface area contributed by atoms with Gasteiger partial charge in [-0.25, -0.2) is 14.8 Å². The highest BCUT2D eigenvalue weighted by Gasteiger charge is 2.67. The van der Waals surface area contributed by atoms with Crippen LogP contribution in [0.2, 0.25) is 0 Å². The topological polar surface area (TPSA) is 115 Å². The largest absolute Gasteiger partial charge is 0.504 e. The number of carbonyl (C=O) groups is 1. The first kappa shape index (κ1) is 18.5. The summed E-state index contributed by atoms with van der Waals surface area (Å²) in [6.45, 7) is 7.00. The minimum Gasteiger partial charge on any atom is -0.504 e. The van der Waals surface area contributed by atoms with Crippen LogP contribution in [0.1, 0.15) is 40.5 Å². The van der Waals surface area contributed by atoms with Gasteiger partial charge in [0, 0.05) is 6.20 Å². The number of nitrogens with one attached hydrogen (secondary N) is 1. The third kappa shape index (κ3) is 2.63. The predicted octanol–water partition coefficient (Wildman–Crippen LogP) is 2.46. The van der Waals surface area contributed by atoms with Crippen LogP contribution in [0.3, 0.4) is 0 Å². The van der Waals surface area contributed by atoms with Gasteiger partial charge >= 0.3 is 5.97 Å². The molecule has 1 atom stereocenters. The maximum absolute atomic E-state index is 12.2. The smallest absolute Gasteiger partial charge is 0.336 e. The Balaban J connectivity index is 2.52. The van der Waals surface area contributed by atoms with Crippen LogP contribution >= 0.6 is 11.8 Å². The number of hydrogen-bond donors (Lipinski definition) is 4. The summed E-state index contributed by atoms with van der Waals surface area (Å²) in [7, 11) is 0. The highest BCUT2D eigenvalue weighted by atomic mass is 32.2. The van der Waals surface area contributed by atoms with E-state index in [1.807, 2.05) is 0 Å². The predicted molar refractivity (Wildman–Crippen MR) is 94.5 cm³/mol. The molecule has 2 heterocycles. The van der Waals surface area contributed by atoms with Gasteiger partial charge in [0.2, 0.25) is 5.54 Å². The van der Waals surface area contributed by atoms with Gasteiger partial charge in [-0.15, -0.1) is 0 Å². The van der Waals surface area contributed by atoms with Gasteiger partial charge in [0.05, 0.1) is 4.75 Å². The van der Waals surface area contributed by atoms with E-state index in [1.165, 1.54) is 24.0 Å². The number of nitrogens with zero attached hydrogens (tertiary/aromatic N) is 2. The number of aromatic nitrogens is 1. The van der Waals surface area contributed by atoms with Gasteiger partial charge in [0.15, 0.2) is 16.7 Å². The minimum atomic E-state index is -1.71. The Labute approximate surface area is 145 Å². The molecule has 0 aromatic carbocycles. The minimum absolute atomic E-state index is 0.0623. The SMILES string of the molecule is CCC(O)(CC)[C@@]1(C(=O)O)N=C(Nc2ncccc2O)SC1(C)C. The number of rotatable bonds is 5. The Morgan fingerprint density at radius 1 is 1.38 bits per heavy atom. The van der Waals surface area contributed by atoms with Crippen LogP contribution < -0.4 is 5.32 Å². The highest BCUT2D eigenvalue weighted by molar-refractivity contribution is 8.15. The van der Waals surface area contributed by atoms with Crippen LogP contribution in [0, 0.1) is 0 Å². The van der Waals surface area contributed by atoms with Gasteiger partial charge in [0.25, 0.3) is 0 Å². The van der Waals surface area contributed by atoms with E-state index in [2.05, 4.69) is 15.3 Å². The molecule has 1 aliphatic heterocycles. The lowest BCUT2D eigenvalue weighted by molar-refractivity contribution is -0.158. The lowest BCUT2D eigenvalue weighted by Gasteiger charge is -2.45. The second-order valence-electron chi connectivity index (χ2n) is 6.28. The van der Waals surface area contributed by atoms with Crippen LogP contribution in [0.5, 0.6) is 5.75 Å². The van der Waals surface area contributed by atoms with Crippen molar-refractivity contribution in [1.29, 1.82) is 0 Å². The molecule has 0 radical (unpaired) electrons. The molecule has 0 saturated heterocycles. The molecule has 4 N–H and O–H groups in total. The number of pyridine rings is 1. The number of hydrogen-bond acceptors (Lipinski definition) is 7. The van der Waals surface area contributed by atoms with Crippen molar-refractivity contribution in [3.63, 3.8) is 0 Å². The number of anilines is 1. The first-order chi connectivity index (χ1) is 11.1. The molecule has 2 rings (SSSR count). The summed E-state index contributed by atoms with van der Waals surface area (Å²) in [4.78, 5) is 20.6. The molecule has 7 nitrogen and oxygen atoms in total. The average molecular weight is 353 g/mol. The molecule has 1 aliphatic rings. The van der Waals surface area contributed by atoms with Crippen molar-refractivity contribution in [2.75, 3.05) is 5.32 Å². The first-order valence-electron chi connectivity index (χ1n) is 7.79. The molecule has 0 fully saturated rings. The maximum atomic E-state index is 12.2. The quantitative estimate of drug-likeness (QED) is 0.642. The number of carboxylic acid groups (broad SMARTS) is 1. The summed E-state index contributed by atoms with van der Waals surface area (Å²) < 4.78 is -0.896. The van der Waals surface area contributed by atoms with Crippen molar-refractivity contribution in [3.8, 4) is 5.75 Å². The lowest BCUT2D eigenvalue weighted by atomic mass is 9.69. The molecule has 0 saturated carbocycles. The van der Waals surface area contributed by atoms with E-state index in [-0.39, 0.29) is 24.4 Å². The fourth-order valence-electron chi connectivity index (χ4n) is 3.20. The molecular weight excluding hydrogens is 330 g/mol. The zero-order valence-electron chi connectivity index (χ0n) is 14.2. The van der Waals surface area contributed by atoms with E-state index in [1.54, 1.807) is 33.8 Å². The number of aliphatic carboxylic acids is 1. The van der Waals surface area contributed by atoms with Crippen molar-refractivity contribution in [2.45, 2.75) is 56.4 Å². The van der Waals surface area contributed by atoms with Gasteiger partial charge in [-0.2, -0.15) is 0 Å². The number of aliphatic imine (C=N–C) groups is 1. The third-order valence-electron chi connectivity index (χ3n) is 4.66. The van der Waals surface area contributed by atoms with E-state index < -0.39 is 21.9 Å². The molecule has 0 bridgehead atoms. The standard InChI is InChI=1S/C16H23N3O4S/c1-5-15(23,6-2)16(12(21)22)14(3,4)24-13(19-16)18-11-10(20)8-7-9-17-11/h7-9,20,23H,5-6H2,1-4H3,(H,21,22)(H,17,18,19)/t16-/m0/s1. The summed E-state index contributed by atoms with van der Waals surface area (Å²) in [5.41, 5.74) is -3.20. The fourth-order valence-corrected chi connectivity index (χ4v) is 4.49. The fraction of sp³-hybridized carbons (Fsp3) is 0.562. The lowest BCUT2D eigenvalue weighted by Crippen LogP contribution is -2.65. The van der Waals surface area contributed by atoms with E-state index in [0.717, 1.165) is 0 Å². The second-order valence-corrected chi connectivity index (χ2v) is 7.89. The average Bonchev–Trinajstić information content (AvgIpc) is 2.80. The van der Waals surface area contributed by atoms with Gasteiger partial charge in [-0.05, 0) is 38.8 Å². The molecule has 0 amide bonds. The van der Waals surface area contributed by atoms with Crippen molar-refractivity contribution in [3.05, 3.63) is 18.3 Å². The Morgan fingerprint density at radius 2 is 2.00 bits per heavy atom. The van der Waals surface area contributed by atoms with Crippen molar-refractivity contribution < 1.29 is 20.1 Å². The number of carboxylic acids is 1. The summed E-state index contributed by atoms with van der Waals surface area (Å²) in [5.74, 6) is -1.04. The molecule has 132 valence electrons. The summed E-state index contributed by atoms with van der Waals surface area (Å²) in [5, 5.41) is 34.0. The third-order valence-corrected chi connectivity index (χ3v) is 5.85. The van der Waals surface area contributed by atoms with Gasteiger partial charge in [0.1, 0.15) is 5.60 Å². The van der Waals surface area contributed by atoms with Crippen LogP contribution in [0.25, 0.3) is 0 Å². The molecule has 0 spiro atoms. The summed E-state index contributed by atoms with van der Waals surface area (Å²) in [6.07, 6.45) is 2.02. The van der Waals surface area contributed by atoms with Crippen LogP contribution in [-0.4, -0.2) is 47.3 Å². The molecule has 1 aromatic rings. The monoisotopic (exact) mass is 353 g/mol. The van der Waals surface area contributed by atoms with Crippen LogP contribution in [0.4, 0.5) is 5.82 Å². The summed E-state index contributed by atoms with van der Waals surface area (Å²) >= 11 is 1.21. The van der Waals surface area contributed by atoms with Crippen LogP contribution in [0.15, 0.2) is 23.3 Å². The molecule has 8 heteroatoms. The Morgan fingerprint density at radius 3 is 2.50 bits per heavy atom. The van der Waals surface area contributed by atoms with E-state index in [0.29, 0.717) is 5.17 Å².